The fraction of sp³-hybridized carbons (Fsp3) is 0.562. The van der Waals surface area contributed by atoms with Crippen molar-refractivity contribution in [3.63, 3.8) is 0 Å². The van der Waals surface area contributed by atoms with Gasteiger partial charge in [0.15, 0.2) is 0 Å². The van der Waals surface area contributed by atoms with Crippen LogP contribution in [0.2, 0.25) is 0 Å². The number of aromatic hydroxyl groups is 1. The maximum atomic E-state index is 12.5. The van der Waals surface area contributed by atoms with Gasteiger partial charge in [0.05, 0.1) is 0 Å². The zero-order valence-corrected chi connectivity index (χ0v) is 12.0. The van der Waals surface area contributed by atoms with E-state index in [1.54, 1.807) is 12.1 Å². The molecule has 1 N–H and O–H groups in total. The van der Waals surface area contributed by atoms with E-state index in [-0.39, 0.29) is 23.0 Å². The Morgan fingerprint density at radius 2 is 2.00 bits per heavy atom. The zero-order valence-electron chi connectivity index (χ0n) is 12.0. The van der Waals surface area contributed by atoms with Gasteiger partial charge in [-0.3, -0.25) is 4.79 Å². The van der Waals surface area contributed by atoms with Crippen molar-refractivity contribution >= 4 is 5.91 Å². The van der Waals surface area contributed by atoms with E-state index in [4.69, 9.17) is 0 Å². The van der Waals surface area contributed by atoms with E-state index in [0.29, 0.717) is 6.54 Å². The van der Waals surface area contributed by atoms with E-state index >= 15 is 0 Å². The first kappa shape index (κ1) is 13.9. The van der Waals surface area contributed by atoms with Crippen LogP contribution in [0.3, 0.4) is 0 Å². The monoisotopic (exact) mass is 261 g/mol. The van der Waals surface area contributed by atoms with Crippen molar-refractivity contribution < 1.29 is 9.90 Å². The lowest BCUT2D eigenvalue weighted by molar-refractivity contribution is -0.137. The lowest BCUT2D eigenvalue weighted by atomic mass is 9.81. The summed E-state index contributed by atoms with van der Waals surface area (Å²) in [4.78, 5) is 14.3. The molecule has 1 saturated carbocycles. The fourth-order valence-corrected chi connectivity index (χ4v) is 3.00. The number of phenols is 1. The number of nitrogens with zero attached hydrogens (tertiary/aromatic N) is 1. The quantitative estimate of drug-likeness (QED) is 0.908. The second-order valence-corrected chi connectivity index (χ2v) is 6.29. The molecule has 2 rings (SSSR count). The summed E-state index contributed by atoms with van der Waals surface area (Å²) < 4.78 is 0. The van der Waals surface area contributed by atoms with Crippen molar-refractivity contribution in [3.8, 4) is 5.75 Å². The molecule has 1 aromatic rings. The third-order valence-corrected chi connectivity index (χ3v) is 4.29. The van der Waals surface area contributed by atoms with Crippen LogP contribution in [0.25, 0.3) is 0 Å². The summed E-state index contributed by atoms with van der Waals surface area (Å²) in [6.45, 7) is 4.99. The molecule has 1 aliphatic rings. The highest BCUT2D eigenvalue weighted by molar-refractivity contribution is 5.79. The summed E-state index contributed by atoms with van der Waals surface area (Å²) in [5.74, 6) is 0.653. The van der Waals surface area contributed by atoms with Gasteiger partial charge < -0.3 is 10.0 Å². The van der Waals surface area contributed by atoms with Crippen molar-refractivity contribution in [2.45, 2.75) is 39.7 Å². The maximum absolute atomic E-state index is 12.5. The Morgan fingerprint density at radius 3 is 2.53 bits per heavy atom. The maximum Gasteiger partial charge on any atom is 0.226 e. The van der Waals surface area contributed by atoms with E-state index < -0.39 is 0 Å². The molecule has 104 valence electrons. The van der Waals surface area contributed by atoms with Crippen LogP contribution >= 0.6 is 0 Å². The summed E-state index contributed by atoms with van der Waals surface area (Å²) in [5.41, 5.74) is 1.17. The van der Waals surface area contributed by atoms with Gasteiger partial charge in [-0.1, -0.05) is 32.4 Å². The largest absolute Gasteiger partial charge is 0.508 e. The normalized spacial score (nSPS) is 21.3. The second kappa shape index (κ2) is 5.24. The highest BCUT2D eigenvalue weighted by atomic mass is 16.3. The van der Waals surface area contributed by atoms with Gasteiger partial charge in [-0.15, -0.1) is 0 Å². The standard InChI is InChI=1S/C16H23NO2/c1-16(2)10-4-5-14(16)15(19)17(3)11-12-6-8-13(18)9-7-12/h6-9,14,18H,4-5,10-11H2,1-3H3. The molecule has 3 heteroatoms. The van der Waals surface area contributed by atoms with Crippen LogP contribution in [-0.2, 0) is 11.3 Å². The molecule has 1 atom stereocenters. The summed E-state index contributed by atoms with van der Waals surface area (Å²) >= 11 is 0. The molecule has 1 amide bonds. The highest BCUT2D eigenvalue weighted by Gasteiger charge is 2.40. The third kappa shape index (κ3) is 3.09. The van der Waals surface area contributed by atoms with Crippen LogP contribution in [0.4, 0.5) is 0 Å². The van der Waals surface area contributed by atoms with Crippen LogP contribution in [-0.4, -0.2) is 23.0 Å². The van der Waals surface area contributed by atoms with Crippen molar-refractivity contribution in [2.75, 3.05) is 7.05 Å². The van der Waals surface area contributed by atoms with Gasteiger partial charge in [-0.05, 0) is 36.0 Å². The van der Waals surface area contributed by atoms with Gasteiger partial charge in [0.25, 0.3) is 0 Å². The van der Waals surface area contributed by atoms with Crippen LogP contribution < -0.4 is 0 Å². The molecular formula is C16H23NO2. The Morgan fingerprint density at radius 1 is 1.37 bits per heavy atom. The molecule has 1 fully saturated rings. The average Bonchev–Trinajstić information content (AvgIpc) is 2.71. The van der Waals surface area contributed by atoms with Gasteiger partial charge >= 0.3 is 0 Å². The number of carbonyl (C=O) groups excluding carboxylic acids is 1. The SMILES string of the molecule is CN(Cc1ccc(O)cc1)C(=O)C1CCCC1(C)C. The number of rotatable bonds is 3. The Hall–Kier alpha value is -1.51. The fourth-order valence-electron chi connectivity index (χ4n) is 3.00. The molecular weight excluding hydrogens is 238 g/mol. The molecule has 3 nitrogen and oxygen atoms in total. The Bertz CT molecular complexity index is 450. The molecule has 0 aromatic heterocycles. The van der Waals surface area contributed by atoms with Gasteiger partial charge in [-0.2, -0.15) is 0 Å². The number of carbonyl (C=O) groups is 1. The average molecular weight is 261 g/mol. The van der Waals surface area contributed by atoms with E-state index in [2.05, 4.69) is 13.8 Å². The zero-order chi connectivity index (χ0) is 14.0. The van der Waals surface area contributed by atoms with Crippen LogP contribution in [0, 0.1) is 11.3 Å². The van der Waals surface area contributed by atoms with Gasteiger partial charge in [-0.25, -0.2) is 0 Å². The van der Waals surface area contributed by atoms with E-state index in [1.807, 2.05) is 24.1 Å². The molecule has 1 unspecified atom stereocenters. The minimum atomic E-state index is 0.125. The Kier molecular flexibility index (Phi) is 3.83. The first-order valence-electron chi connectivity index (χ1n) is 6.93. The molecule has 0 heterocycles. The van der Waals surface area contributed by atoms with Gasteiger partial charge in [0, 0.05) is 19.5 Å². The molecule has 0 radical (unpaired) electrons. The van der Waals surface area contributed by atoms with Crippen molar-refractivity contribution in [1.29, 1.82) is 0 Å². The lowest BCUT2D eigenvalue weighted by Gasteiger charge is -2.30. The summed E-state index contributed by atoms with van der Waals surface area (Å²) in [5, 5.41) is 9.26. The number of hydrogen-bond acceptors (Lipinski definition) is 2. The number of hydrogen-bond donors (Lipinski definition) is 1. The van der Waals surface area contributed by atoms with E-state index in [1.165, 1.54) is 0 Å². The number of phenolic OH excluding ortho intramolecular Hbond substituents is 1. The first-order chi connectivity index (χ1) is 8.90. The molecule has 0 spiro atoms. The van der Waals surface area contributed by atoms with Gasteiger partial charge in [0.2, 0.25) is 5.91 Å². The molecule has 1 aromatic carbocycles. The summed E-state index contributed by atoms with van der Waals surface area (Å²) in [6, 6.07) is 7.04. The first-order valence-corrected chi connectivity index (χ1v) is 6.93. The predicted octanol–water partition coefficient (Wildman–Crippen LogP) is 3.18. The van der Waals surface area contributed by atoms with E-state index in [0.717, 1.165) is 24.8 Å². The van der Waals surface area contributed by atoms with Crippen molar-refractivity contribution in [1.82, 2.24) is 4.90 Å². The third-order valence-electron chi connectivity index (χ3n) is 4.29. The Labute approximate surface area is 115 Å². The van der Waals surface area contributed by atoms with Crippen molar-refractivity contribution in [2.24, 2.45) is 11.3 Å². The number of amides is 1. The molecule has 0 aliphatic heterocycles. The van der Waals surface area contributed by atoms with E-state index in [9.17, 15) is 9.90 Å². The van der Waals surface area contributed by atoms with Crippen LogP contribution in [0.1, 0.15) is 38.7 Å². The molecule has 19 heavy (non-hydrogen) atoms. The molecule has 0 saturated heterocycles. The molecule has 1 aliphatic carbocycles. The highest BCUT2D eigenvalue weighted by Crippen LogP contribution is 2.43. The minimum Gasteiger partial charge on any atom is -0.508 e. The number of benzene rings is 1. The van der Waals surface area contributed by atoms with Crippen molar-refractivity contribution in [3.05, 3.63) is 29.8 Å². The Balaban J connectivity index is 2.01. The minimum absolute atomic E-state index is 0.125. The van der Waals surface area contributed by atoms with Gasteiger partial charge in [0.1, 0.15) is 5.75 Å². The topological polar surface area (TPSA) is 40.5 Å². The predicted molar refractivity (Wildman–Crippen MR) is 75.7 cm³/mol. The molecule has 0 bridgehead atoms. The second-order valence-electron chi connectivity index (χ2n) is 6.29. The summed E-state index contributed by atoms with van der Waals surface area (Å²) in [7, 11) is 1.86. The van der Waals surface area contributed by atoms with Crippen LogP contribution in [0.15, 0.2) is 24.3 Å². The smallest absolute Gasteiger partial charge is 0.226 e. The van der Waals surface area contributed by atoms with Crippen LogP contribution in [0.5, 0.6) is 5.75 Å². The lowest BCUT2D eigenvalue weighted by Crippen LogP contribution is -2.37. The summed E-state index contributed by atoms with van der Waals surface area (Å²) in [6.07, 6.45) is 3.29.